The van der Waals surface area contributed by atoms with Crippen LogP contribution in [0.3, 0.4) is 0 Å². The Morgan fingerprint density at radius 3 is 2.20 bits per heavy atom. The number of hydrogen-bond acceptors (Lipinski definition) is 1. The Kier molecular flexibility index (Phi) is 3.76. The van der Waals surface area contributed by atoms with Crippen molar-refractivity contribution in [2.75, 3.05) is 0 Å². The van der Waals surface area contributed by atoms with Gasteiger partial charge < -0.3 is 5.73 Å². The van der Waals surface area contributed by atoms with Crippen molar-refractivity contribution < 1.29 is 0 Å². The minimum Gasteiger partial charge on any atom is -0.323 e. The zero-order valence-electron chi connectivity index (χ0n) is 11.2. The van der Waals surface area contributed by atoms with Gasteiger partial charge in [0.2, 0.25) is 0 Å². The lowest BCUT2D eigenvalue weighted by Gasteiger charge is -2.47. The predicted molar refractivity (Wildman–Crippen MR) is 85.4 cm³/mol. The zero-order chi connectivity index (χ0) is 14.2. The van der Waals surface area contributed by atoms with Crippen LogP contribution in [0.2, 0.25) is 10.0 Å². The molecule has 1 fully saturated rings. The van der Waals surface area contributed by atoms with E-state index >= 15 is 0 Å². The van der Waals surface area contributed by atoms with Crippen LogP contribution in [0.5, 0.6) is 0 Å². The van der Waals surface area contributed by atoms with E-state index in [4.69, 9.17) is 28.9 Å². The third-order valence-corrected chi connectivity index (χ3v) is 5.23. The van der Waals surface area contributed by atoms with Gasteiger partial charge >= 0.3 is 0 Å². The molecule has 2 N–H and O–H groups in total. The van der Waals surface area contributed by atoms with Crippen molar-refractivity contribution in [2.24, 2.45) is 5.73 Å². The van der Waals surface area contributed by atoms with Crippen LogP contribution in [-0.4, -0.2) is 0 Å². The van der Waals surface area contributed by atoms with Crippen LogP contribution in [-0.2, 0) is 5.41 Å². The molecule has 2 aromatic carbocycles. The number of halogens is 2. The molecule has 1 atom stereocenters. The van der Waals surface area contributed by atoms with E-state index in [1.54, 1.807) is 0 Å². The van der Waals surface area contributed by atoms with Crippen LogP contribution in [0.25, 0.3) is 0 Å². The molecule has 3 heteroatoms. The smallest absolute Gasteiger partial charge is 0.0595 e. The monoisotopic (exact) mass is 305 g/mol. The summed E-state index contributed by atoms with van der Waals surface area (Å²) in [6.45, 7) is 0. The number of hydrogen-bond donors (Lipinski definition) is 1. The van der Waals surface area contributed by atoms with Gasteiger partial charge in [-0.2, -0.15) is 0 Å². The van der Waals surface area contributed by atoms with Crippen LogP contribution < -0.4 is 5.73 Å². The molecule has 0 heterocycles. The first-order valence-electron chi connectivity index (χ1n) is 6.89. The van der Waals surface area contributed by atoms with Crippen molar-refractivity contribution in [3.8, 4) is 0 Å². The van der Waals surface area contributed by atoms with E-state index in [2.05, 4.69) is 24.3 Å². The standard InChI is InChI=1S/C17H17Cl2N/c18-14-8-7-12(11-15(14)19)16(20)17(9-4-10-17)13-5-2-1-3-6-13/h1-3,5-8,11,16H,4,9-10,20H2. The minimum absolute atomic E-state index is 0.0401. The summed E-state index contributed by atoms with van der Waals surface area (Å²) >= 11 is 12.1. The predicted octanol–water partition coefficient (Wildman–Crippen LogP) is 5.12. The fourth-order valence-electron chi connectivity index (χ4n) is 3.13. The summed E-state index contributed by atoms with van der Waals surface area (Å²) in [5.41, 5.74) is 9.01. The molecular formula is C17H17Cl2N. The van der Waals surface area contributed by atoms with Gasteiger partial charge in [0, 0.05) is 11.5 Å². The number of benzene rings is 2. The van der Waals surface area contributed by atoms with Crippen molar-refractivity contribution in [1.29, 1.82) is 0 Å². The van der Waals surface area contributed by atoms with Crippen molar-refractivity contribution in [3.05, 3.63) is 69.7 Å². The second-order valence-electron chi connectivity index (χ2n) is 5.53. The Bertz CT molecular complexity index is 606. The van der Waals surface area contributed by atoms with Crippen LogP contribution in [0, 0.1) is 0 Å². The van der Waals surface area contributed by atoms with E-state index in [9.17, 15) is 0 Å². The second-order valence-corrected chi connectivity index (χ2v) is 6.34. The molecule has 0 aliphatic heterocycles. The van der Waals surface area contributed by atoms with Gasteiger partial charge in [-0.3, -0.25) is 0 Å². The molecule has 1 saturated carbocycles. The maximum Gasteiger partial charge on any atom is 0.0595 e. The third kappa shape index (κ3) is 2.24. The largest absolute Gasteiger partial charge is 0.323 e. The molecule has 0 spiro atoms. The van der Waals surface area contributed by atoms with Crippen LogP contribution in [0.15, 0.2) is 48.5 Å². The topological polar surface area (TPSA) is 26.0 Å². The second kappa shape index (κ2) is 5.40. The Hall–Kier alpha value is -1.02. The maximum absolute atomic E-state index is 6.58. The van der Waals surface area contributed by atoms with Crippen molar-refractivity contribution in [3.63, 3.8) is 0 Å². The summed E-state index contributed by atoms with van der Waals surface area (Å²) in [7, 11) is 0. The molecule has 1 unspecified atom stereocenters. The van der Waals surface area contributed by atoms with Gasteiger partial charge in [-0.1, -0.05) is 66.0 Å². The van der Waals surface area contributed by atoms with Crippen molar-refractivity contribution in [2.45, 2.75) is 30.7 Å². The summed E-state index contributed by atoms with van der Waals surface area (Å²) in [6.07, 6.45) is 3.47. The van der Waals surface area contributed by atoms with Gasteiger partial charge in [-0.25, -0.2) is 0 Å². The fraction of sp³-hybridized carbons (Fsp3) is 0.294. The molecule has 1 nitrogen and oxygen atoms in total. The van der Waals surface area contributed by atoms with Gasteiger partial charge in [0.25, 0.3) is 0 Å². The summed E-state index contributed by atoms with van der Waals surface area (Å²) in [6, 6.07) is 16.2. The molecule has 104 valence electrons. The van der Waals surface area contributed by atoms with Gasteiger partial charge in [0.05, 0.1) is 10.0 Å². The SMILES string of the molecule is NC(c1ccc(Cl)c(Cl)c1)C1(c2ccccc2)CCC1. The highest BCUT2D eigenvalue weighted by Crippen LogP contribution is 2.51. The summed E-state index contributed by atoms with van der Waals surface area (Å²) < 4.78 is 0. The molecular weight excluding hydrogens is 289 g/mol. The molecule has 20 heavy (non-hydrogen) atoms. The van der Waals surface area contributed by atoms with Crippen LogP contribution in [0.4, 0.5) is 0 Å². The lowest BCUT2D eigenvalue weighted by atomic mass is 9.59. The van der Waals surface area contributed by atoms with Gasteiger partial charge in [-0.05, 0) is 36.1 Å². The fourth-order valence-corrected chi connectivity index (χ4v) is 3.44. The van der Waals surface area contributed by atoms with Crippen LogP contribution in [0.1, 0.15) is 36.4 Å². The number of rotatable bonds is 3. The average molecular weight is 306 g/mol. The third-order valence-electron chi connectivity index (χ3n) is 4.49. The van der Waals surface area contributed by atoms with Crippen molar-refractivity contribution >= 4 is 23.2 Å². The Labute approximate surface area is 129 Å². The molecule has 0 bridgehead atoms. The Balaban J connectivity index is 1.99. The highest BCUT2D eigenvalue weighted by atomic mass is 35.5. The molecule has 0 saturated heterocycles. The average Bonchev–Trinajstić information content (AvgIpc) is 2.42. The highest BCUT2D eigenvalue weighted by molar-refractivity contribution is 6.42. The molecule has 0 amide bonds. The first kappa shape index (κ1) is 13.9. The first-order valence-corrected chi connectivity index (χ1v) is 7.65. The molecule has 0 aromatic heterocycles. The molecule has 3 rings (SSSR count). The van der Waals surface area contributed by atoms with E-state index in [1.165, 1.54) is 12.0 Å². The molecule has 1 aliphatic carbocycles. The zero-order valence-corrected chi connectivity index (χ0v) is 12.7. The van der Waals surface area contributed by atoms with Crippen molar-refractivity contribution in [1.82, 2.24) is 0 Å². The van der Waals surface area contributed by atoms with E-state index in [-0.39, 0.29) is 11.5 Å². The van der Waals surface area contributed by atoms with E-state index < -0.39 is 0 Å². The lowest BCUT2D eigenvalue weighted by Crippen LogP contribution is -2.44. The van der Waals surface area contributed by atoms with Gasteiger partial charge in [-0.15, -0.1) is 0 Å². The Morgan fingerprint density at radius 1 is 0.950 bits per heavy atom. The maximum atomic E-state index is 6.58. The molecule has 2 aromatic rings. The van der Waals surface area contributed by atoms with E-state index in [0.29, 0.717) is 10.0 Å². The normalized spacial score (nSPS) is 18.4. The van der Waals surface area contributed by atoms with Gasteiger partial charge in [0.1, 0.15) is 0 Å². The lowest BCUT2D eigenvalue weighted by molar-refractivity contribution is 0.196. The highest BCUT2D eigenvalue weighted by Gasteiger charge is 2.44. The quantitative estimate of drug-likeness (QED) is 0.837. The summed E-state index contributed by atoms with van der Waals surface area (Å²) in [4.78, 5) is 0. The van der Waals surface area contributed by atoms with E-state index in [1.807, 2.05) is 24.3 Å². The number of nitrogens with two attached hydrogens (primary N) is 1. The van der Waals surface area contributed by atoms with Gasteiger partial charge in [0.15, 0.2) is 0 Å². The summed E-state index contributed by atoms with van der Waals surface area (Å²) in [5.74, 6) is 0. The van der Waals surface area contributed by atoms with E-state index in [0.717, 1.165) is 18.4 Å². The van der Waals surface area contributed by atoms with Crippen LogP contribution >= 0.6 is 23.2 Å². The summed E-state index contributed by atoms with van der Waals surface area (Å²) in [5, 5.41) is 1.15. The minimum atomic E-state index is -0.0478. The Morgan fingerprint density at radius 2 is 1.65 bits per heavy atom. The molecule has 1 aliphatic rings. The molecule has 0 radical (unpaired) electrons. The first-order chi connectivity index (χ1) is 9.63.